The van der Waals surface area contributed by atoms with Crippen LogP contribution < -0.4 is 0 Å². The molecule has 2 aromatic heterocycles. The Labute approximate surface area is 115 Å². The summed E-state index contributed by atoms with van der Waals surface area (Å²) in [6.07, 6.45) is 2.68. The molecule has 18 heavy (non-hydrogen) atoms. The summed E-state index contributed by atoms with van der Waals surface area (Å²) in [7, 11) is 0. The maximum absolute atomic E-state index is 10.5. The summed E-state index contributed by atoms with van der Waals surface area (Å²) in [6, 6.07) is 2.03. The van der Waals surface area contributed by atoms with E-state index in [1.807, 2.05) is 31.5 Å². The van der Waals surface area contributed by atoms with Gasteiger partial charge in [0.05, 0.1) is 22.1 Å². The normalized spacial score (nSPS) is 13.2. The molecule has 0 saturated carbocycles. The SMILES string of the molecule is CCn1nccc1C(O)c1c(Br)cnn1C(C)C. The van der Waals surface area contributed by atoms with Crippen LogP contribution in [0.4, 0.5) is 0 Å². The van der Waals surface area contributed by atoms with Gasteiger partial charge in [-0.15, -0.1) is 0 Å². The first kappa shape index (κ1) is 13.3. The third-order valence-corrected chi connectivity index (χ3v) is 3.48. The molecule has 0 aliphatic heterocycles. The maximum atomic E-state index is 10.5. The second-order valence-corrected chi connectivity index (χ2v) is 5.24. The molecule has 0 spiro atoms. The molecular weight excluding hydrogens is 296 g/mol. The number of halogens is 1. The van der Waals surface area contributed by atoms with E-state index >= 15 is 0 Å². The Balaban J connectivity index is 2.45. The minimum atomic E-state index is -0.730. The number of aromatic nitrogens is 4. The summed E-state index contributed by atoms with van der Waals surface area (Å²) in [6.45, 7) is 6.80. The average molecular weight is 313 g/mol. The summed E-state index contributed by atoms with van der Waals surface area (Å²) >= 11 is 3.45. The number of aryl methyl sites for hydroxylation is 1. The summed E-state index contributed by atoms with van der Waals surface area (Å²) in [5, 5.41) is 19.0. The number of rotatable bonds is 4. The molecular formula is C12H17BrN4O. The van der Waals surface area contributed by atoms with Crippen molar-refractivity contribution in [3.63, 3.8) is 0 Å². The minimum Gasteiger partial charge on any atom is -0.380 e. The molecule has 2 rings (SSSR count). The largest absolute Gasteiger partial charge is 0.380 e. The molecule has 0 aromatic carbocycles. The third-order valence-electron chi connectivity index (χ3n) is 2.86. The zero-order valence-corrected chi connectivity index (χ0v) is 12.3. The molecule has 98 valence electrons. The van der Waals surface area contributed by atoms with E-state index in [1.54, 1.807) is 17.1 Å². The number of aliphatic hydroxyl groups is 1. The van der Waals surface area contributed by atoms with E-state index in [0.29, 0.717) is 0 Å². The lowest BCUT2D eigenvalue weighted by molar-refractivity contribution is 0.193. The molecule has 1 unspecified atom stereocenters. The number of hydrogen-bond donors (Lipinski definition) is 1. The molecule has 2 heterocycles. The zero-order valence-electron chi connectivity index (χ0n) is 10.7. The van der Waals surface area contributed by atoms with Gasteiger partial charge >= 0.3 is 0 Å². The Morgan fingerprint density at radius 3 is 2.72 bits per heavy atom. The quantitative estimate of drug-likeness (QED) is 0.943. The molecule has 0 aliphatic rings. The summed E-state index contributed by atoms with van der Waals surface area (Å²) < 4.78 is 4.42. The van der Waals surface area contributed by atoms with E-state index in [2.05, 4.69) is 26.1 Å². The van der Waals surface area contributed by atoms with E-state index in [1.165, 1.54) is 0 Å². The third kappa shape index (κ3) is 2.22. The molecule has 0 amide bonds. The lowest BCUT2D eigenvalue weighted by Gasteiger charge is -2.17. The van der Waals surface area contributed by atoms with Crippen molar-refractivity contribution in [3.8, 4) is 0 Å². The van der Waals surface area contributed by atoms with Gasteiger partial charge in [0.15, 0.2) is 0 Å². The highest BCUT2D eigenvalue weighted by atomic mass is 79.9. The van der Waals surface area contributed by atoms with E-state index in [4.69, 9.17) is 0 Å². The lowest BCUT2D eigenvalue weighted by Crippen LogP contribution is -2.15. The lowest BCUT2D eigenvalue weighted by atomic mass is 10.1. The van der Waals surface area contributed by atoms with Crippen LogP contribution in [0.5, 0.6) is 0 Å². The van der Waals surface area contributed by atoms with Gasteiger partial charge in [0, 0.05) is 18.8 Å². The van der Waals surface area contributed by atoms with Gasteiger partial charge < -0.3 is 5.11 Å². The predicted molar refractivity (Wildman–Crippen MR) is 72.3 cm³/mol. The first-order valence-electron chi connectivity index (χ1n) is 5.99. The fourth-order valence-corrected chi connectivity index (χ4v) is 2.49. The Morgan fingerprint density at radius 1 is 1.39 bits per heavy atom. The molecule has 0 radical (unpaired) electrons. The fraction of sp³-hybridized carbons (Fsp3) is 0.500. The van der Waals surface area contributed by atoms with Crippen LogP contribution in [0.3, 0.4) is 0 Å². The van der Waals surface area contributed by atoms with Crippen molar-refractivity contribution < 1.29 is 5.11 Å². The number of nitrogens with zero attached hydrogens (tertiary/aromatic N) is 4. The van der Waals surface area contributed by atoms with Crippen LogP contribution in [0.25, 0.3) is 0 Å². The summed E-state index contributed by atoms with van der Waals surface area (Å²) in [4.78, 5) is 0. The van der Waals surface area contributed by atoms with Crippen LogP contribution in [-0.4, -0.2) is 24.7 Å². The second kappa shape index (κ2) is 5.24. The molecule has 0 bridgehead atoms. The predicted octanol–water partition coefficient (Wildman–Crippen LogP) is 2.52. The van der Waals surface area contributed by atoms with Crippen LogP contribution >= 0.6 is 15.9 Å². The molecule has 2 aromatic rings. The standard InChI is InChI=1S/C12H17BrN4O/c1-4-16-10(5-6-14-16)12(18)11-9(13)7-15-17(11)8(2)3/h5-8,12,18H,4H2,1-3H3. The van der Waals surface area contributed by atoms with Gasteiger partial charge in [-0.25, -0.2) is 0 Å². The van der Waals surface area contributed by atoms with Crippen LogP contribution in [0.15, 0.2) is 22.9 Å². The molecule has 1 atom stereocenters. The van der Waals surface area contributed by atoms with Crippen LogP contribution in [0, 0.1) is 0 Å². The molecule has 0 fully saturated rings. The van der Waals surface area contributed by atoms with Gasteiger partial charge in [0.1, 0.15) is 6.10 Å². The smallest absolute Gasteiger partial charge is 0.138 e. The van der Waals surface area contributed by atoms with Gasteiger partial charge in [-0.2, -0.15) is 10.2 Å². The highest BCUT2D eigenvalue weighted by Gasteiger charge is 2.23. The topological polar surface area (TPSA) is 55.9 Å². The van der Waals surface area contributed by atoms with Gasteiger partial charge in [-0.05, 0) is 42.8 Å². The minimum absolute atomic E-state index is 0.193. The second-order valence-electron chi connectivity index (χ2n) is 4.39. The summed E-state index contributed by atoms with van der Waals surface area (Å²) in [5.74, 6) is 0. The van der Waals surface area contributed by atoms with E-state index in [-0.39, 0.29) is 6.04 Å². The monoisotopic (exact) mass is 312 g/mol. The van der Waals surface area contributed by atoms with Crippen molar-refractivity contribution in [3.05, 3.63) is 34.3 Å². The van der Waals surface area contributed by atoms with Crippen molar-refractivity contribution >= 4 is 15.9 Å². The van der Waals surface area contributed by atoms with Gasteiger partial charge in [0.2, 0.25) is 0 Å². The van der Waals surface area contributed by atoms with Crippen LogP contribution in [-0.2, 0) is 6.54 Å². The Bertz CT molecular complexity index is 532. The summed E-state index contributed by atoms with van der Waals surface area (Å²) in [5.41, 5.74) is 1.54. The van der Waals surface area contributed by atoms with Crippen molar-refractivity contribution in [1.29, 1.82) is 0 Å². The maximum Gasteiger partial charge on any atom is 0.138 e. The molecule has 0 saturated heterocycles. The van der Waals surface area contributed by atoms with Crippen molar-refractivity contribution in [2.75, 3.05) is 0 Å². The van der Waals surface area contributed by atoms with Crippen molar-refractivity contribution in [2.24, 2.45) is 0 Å². The van der Waals surface area contributed by atoms with Gasteiger partial charge in [-0.3, -0.25) is 9.36 Å². The highest BCUT2D eigenvalue weighted by molar-refractivity contribution is 9.10. The van der Waals surface area contributed by atoms with Crippen LogP contribution in [0.1, 0.15) is 44.3 Å². The first-order chi connectivity index (χ1) is 8.56. The van der Waals surface area contributed by atoms with Crippen molar-refractivity contribution in [2.45, 2.75) is 39.5 Å². The number of aliphatic hydroxyl groups excluding tert-OH is 1. The van der Waals surface area contributed by atoms with Gasteiger partial charge in [-0.1, -0.05) is 0 Å². The highest BCUT2D eigenvalue weighted by Crippen LogP contribution is 2.30. The molecule has 0 aliphatic carbocycles. The van der Waals surface area contributed by atoms with Crippen LogP contribution in [0.2, 0.25) is 0 Å². The van der Waals surface area contributed by atoms with Gasteiger partial charge in [0.25, 0.3) is 0 Å². The van der Waals surface area contributed by atoms with Crippen molar-refractivity contribution in [1.82, 2.24) is 19.6 Å². The molecule has 1 N–H and O–H groups in total. The van der Waals surface area contributed by atoms with E-state index in [9.17, 15) is 5.11 Å². The zero-order chi connectivity index (χ0) is 13.3. The van der Waals surface area contributed by atoms with E-state index in [0.717, 1.165) is 22.4 Å². The Morgan fingerprint density at radius 2 is 2.11 bits per heavy atom. The Hall–Kier alpha value is -1.14. The number of hydrogen-bond acceptors (Lipinski definition) is 3. The molecule has 5 nitrogen and oxygen atoms in total. The Kier molecular flexibility index (Phi) is 3.87. The van der Waals surface area contributed by atoms with E-state index < -0.39 is 6.10 Å². The average Bonchev–Trinajstić information content (AvgIpc) is 2.93. The first-order valence-corrected chi connectivity index (χ1v) is 6.78. The fourth-order valence-electron chi connectivity index (χ4n) is 2.00. The molecule has 6 heteroatoms.